The molecule has 0 unspecified atom stereocenters. The van der Waals surface area contributed by atoms with Gasteiger partial charge in [-0.25, -0.2) is 0 Å². The molecule has 1 N–H and O–H groups in total. The molecule has 1 aliphatic rings. The molecule has 0 bridgehead atoms. The van der Waals surface area contributed by atoms with E-state index in [1.165, 1.54) is 25.0 Å². The minimum atomic E-state index is 0.0434. The van der Waals surface area contributed by atoms with Crippen LogP contribution in [-0.4, -0.2) is 9.78 Å². The zero-order valence-corrected chi connectivity index (χ0v) is 6.47. The molecule has 0 spiro atoms. The first-order valence-electron chi connectivity index (χ1n) is 4.15. The van der Waals surface area contributed by atoms with Gasteiger partial charge >= 0.3 is 0 Å². The van der Waals surface area contributed by atoms with E-state index in [4.69, 9.17) is 0 Å². The zero-order valence-electron chi connectivity index (χ0n) is 6.47. The number of hydrogen-bond donors (Lipinski definition) is 1. The molecule has 3 heteroatoms. The highest BCUT2D eigenvalue weighted by Crippen LogP contribution is 2.10. The smallest absolute Gasteiger partial charge is 0.264 e. The van der Waals surface area contributed by atoms with Crippen LogP contribution >= 0.6 is 0 Å². The SMILES string of the molecule is O=c1cc2n([nH]1)CCCCC2. The van der Waals surface area contributed by atoms with E-state index in [0.717, 1.165) is 13.0 Å². The molecule has 1 aromatic rings. The van der Waals surface area contributed by atoms with Gasteiger partial charge in [0.05, 0.1) is 0 Å². The maximum Gasteiger partial charge on any atom is 0.264 e. The lowest BCUT2D eigenvalue weighted by molar-refractivity contribution is 0.572. The van der Waals surface area contributed by atoms with Gasteiger partial charge in [0.25, 0.3) is 5.56 Å². The quantitative estimate of drug-likeness (QED) is 0.589. The normalized spacial score (nSPS) is 17.5. The fourth-order valence-corrected chi connectivity index (χ4v) is 1.63. The number of H-pyrrole nitrogens is 1. The van der Waals surface area contributed by atoms with Gasteiger partial charge in [0.1, 0.15) is 0 Å². The van der Waals surface area contributed by atoms with Gasteiger partial charge < -0.3 is 0 Å². The average molecular weight is 152 g/mol. The molecule has 60 valence electrons. The van der Waals surface area contributed by atoms with Crippen molar-refractivity contribution in [3.63, 3.8) is 0 Å². The van der Waals surface area contributed by atoms with Crippen molar-refractivity contribution in [2.45, 2.75) is 32.2 Å². The highest BCUT2D eigenvalue weighted by molar-refractivity contribution is 5.01. The lowest BCUT2D eigenvalue weighted by Gasteiger charge is -2.00. The molecule has 0 radical (unpaired) electrons. The molecule has 0 atom stereocenters. The summed E-state index contributed by atoms with van der Waals surface area (Å²) >= 11 is 0. The van der Waals surface area contributed by atoms with E-state index < -0.39 is 0 Å². The molecule has 0 aromatic carbocycles. The van der Waals surface area contributed by atoms with Crippen molar-refractivity contribution >= 4 is 0 Å². The van der Waals surface area contributed by atoms with Crippen LogP contribution in [0.25, 0.3) is 0 Å². The number of fused-ring (bicyclic) bond motifs is 1. The molecular formula is C8H12N2O. The Labute approximate surface area is 65.0 Å². The number of nitrogens with zero attached hydrogens (tertiary/aromatic N) is 1. The van der Waals surface area contributed by atoms with Crippen LogP contribution in [0.15, 0.2) is 10.9 Å². The Morgan fingerprint density at radius 1 is 1.36 bits per heavy atom. The summed E-state index contributed by atoms with van der Waals surface area (Å²) in [7, 11) is 0. The highest BCUT2D eigenvalue weighted by atomic mass is 16.1. The summed E-state index contributed by atoms with van der Waals surface area (Å²) in [6, 6.07) is 1.71. The van der Waals surface area contributed by atoms with Crippen LogP contribution in [0, 0.1) is 0 Å². The predicted octanol–water partition coefficient (Wildman–Crippen LogP) is 0.903. The molecule has 3 nitrogen and oxygen atoms in total. The summed E-state index contributed by atoms with van der Waals surface area (Å²) in [5.41, 5.74) is 1.22. The summed E-state index contributed by atoms with van der Waals surface area (Å²) in [6.07, 6.45) is 4.75. The van der Waals surface area contributed by atoms with Gasteiger partial charge in [-0.1, -0.05) is 6.42 Å². The molecule has 1 aliphatic heterocycles. The molecule has 0 fully saturated rings. The Morgan fingerprint density at radius 3 is 3.18 bits per heavy atom. The van der Waals surface area contributed by atoms with E-state index in [2.05, 4.69) is 5.10 Å². The molecule has 2 heterocycles. The monoisotopic (exact) mass is 152 g/mol. The number of rotatable bonds is 0. The topological polar surface area (TPSA) is 37.8 Å². The summed E-state index contributed by atoms with van der Waals surface area (Å²) < 4.78 is 1.98. The molecule has 0 amide bonds. The van der Waals surface area contributed by atoms with Crippen molar-refractivity contribution in [3.8, 4) is 0 Å². The van der Waals surface area contributed by atoms with Gasteiger partial charge in [-0.05, 0) is 19.3 Å². The lowest BCUT2D eigenvalue weighted by atomic mass is 10.2. The van der Waals surface area contributed by atoms with Crippen LogP contribution < -0.4 is 5.56 Å². The minimum Gasteiger partial charge on any atom is -0.289 e. The second-order valence-electron chi connectivity index (χ2n) is 3.07. The number of aryl methyl sites for hydroxylation is 2. The van der Waals surface area contributed by atoms with E-state index in [-0.39, 0.29) is 5.56 Å². The summed E-state index contributed by atoms with van der Waals surface area (Å²) in [6.45, 7) is 0.984. The Balaban J connectivity index is 2.39. The van der Waals surface area contributed by atoms with Crippen molar-refractivity contribution < 1.29 is 0 Å². The molecule has 1 aromatic heterocycles. The molecule has 0 aliphatic carbocycles. The van der Waals surface area contributed by atoms with Crippen molar-refractivity contribution in [2.75, 3.05) is 0 Å². The third-order valence-corrected chi connectivity index (χ3v) is 2.20. The van der Waals surface area contributed by atoms with Crippen LogP contribution in [0.5, 0.6) is 0 Å². The Hall–Kier alpha value is -0.990. The summed E-state index contributed by atoms with van der Waals surface area (Å²) in [5, 5.41) is 2.80. The maximum atomic E-state index is 10.9. The zero-order chi connectivity index (χ0) is 7.68. The van der Waals surface area contributed by atoms with Crippen LogP contribution in [-0.2, 0) is 13.0 Å². The van der Waals surface area contributed by atoms with Gasteiger partial charge in [-0.2, -0.15) is 0 Å². The molecule has 0 saturated heterocycles. The molecule has 2 rings (SSSR count). The van der Waals surface area contributed by atoms with Crippen molar-refractivity contribution in [1.29, 1.82) is 0 Å². The summed E-state index contributed by atoms with van der Waals surface area (Å²) in [4.78, 5) is 10.9. The van der Waals surface area contributed by atoms with Gasteiger partial charge in [0, 0.05) is 18.3 Å². The first-order valence-corrected chi connectivity index (χ1v) is 4.15. The Bertz CT molecular complexity index is 271. The number of aromatic nitrogens is 2. The number of hydrogen-bond acceptors (Lipinski definition) is 1. The third-order valence-electron chi connectivity index (χ3n) is 2.20. The highest BCUT2D eigenvalue weighted by Gasteiger charge is 2.07. The fraction of sp³-hybridized carbons (Fsp3) is 0.625. The maximum absolute atomic E-state index is 10.9. The predicted molar refractivity (Wildman–Crippen MR) is 42.6 cm³/mol. The van der Waals surface area contributed by atoms with Crippen LogP contribution in [0.4, 0.5) is 0 Å². The third kappa shape index (κ3) is 1.23. The van der Waals surface area contributed by atoms with Gasteiger partial charge in [0.15, 0.2) is 0 Å². The van der Waals surface area contributed by atoms with E-state index in [1.807, 2.05) is 4.68 Å². The van der Waals surface area contributed by atoms with Gasteiger partial charge in [-0.15, -0.1) is 0 Å². The van der Waals surface area contributed by atoms with Crippen LogP contribution in [0.1, 0.15) is 25.0 Å². The van der Waals surface area contributed by atoms with Crippen molar-refractivity contribution in [1.82, 2.24) is 9.78 Å². The lowest BCUT2D eigenvalue weighted by Crippen LogP contribution is -2.05. The first kappa shape index (κ1) is 6.70. The minimum absolute atomic E-state index is 0.0434. The van der Waals surface area contributed by atoms with Gasteiger partial charge in [0.2, 0.25) is 0 Å². The van der Waals surface area contributed by atoms with E-state index in [0.29, 0.717) is 0 Å². The number of aromatic amines is 1. The van der Waals surface area contributed by atoms with Crippen LogP contribution in [0.2, 0.25) is 0 Å². The van der Waals surface area contributed by atoms with E-state index in [9.17, 15) is 4.79 Å². The Kier molecular flexibility index (Phi) is 1.56. The van der Waals surface area contributed by atoms with Crippen LogP contribution in [0.3, 0.4) is 0 Å². The second-order valence-corrected chi connectivity index (χ2v) is 3.07. The largest absolute Gasteiger partial charge is 0.289 e. The van der Waals surface area contributed by atoms with E-state index in [1.54, 1.807) is 6.07 Å². The molecule has 11 heavy (non-hydrogen) atoms. The number of nitrogens with one attached hydrogen (secondary N) is 1. The average Bonchev–Trinajstić information content (AvgIpc) is 2.17. The van der Waals surface area contributed by atoms with Crippen molar-refractivity contribution in [2.24, 2.45) is 0 Å². The summed E-state index contributed by atoms with van der Waals surface area (Å²) in [5.74, 6) is 0. The molecular weight excluding hydrogens is 140 g/mol. The van der Waals surface area contributed by atoms with E-state index >= 15 is 0 Å². The molecule has 0 saturated carbocycles. The fourth-order valence-electron chi connectivity index (χ4n) is 1.63. The van der Waals surface area contributed by atoms with Gasteiger partial charge in [-0.3, -0.25) is 14.6 Å². The van der Waals surface area contributed by atoms with Crippen molar-refractivity contribution in [3.05, 3.63) is 22.1 Å². The Morgan fingerprint density at radius 2 is 2.27 bits per heavy atom. The first-order chi connectivity index (χ1) is 5.36. The second kappa shape index (κ2) is 2.57. The standard InChI is InChI=1S/C8H12N2O/c11-8-6-7-4-2-1-3-5-10(7)9-8/h6H,1-5H2,(H,9,11).